The van der Waals surface area contributed by atoms with Crippen molar-refractivity contribution in [2.75, 3.05) is 0 Å². The average molecular weight is 306 g/mol. The van der Waals surface area contributed by atoms with Crippen molar-refractivity contribution in [1.29, 1.82) is 0 Å². The van der Waals surface area contributed by atoms with E-state index in [4.69, 9.17) is 0 Å². The summed E-state index contributed by atoms with van der Waals surface area (Å²) < 4.78 is 0. The molecule has 0 N–H and O–H groups in total. The van der Waals surface area contributed by atoms with E-state index in [-0.39, 0.29) is 0 Å². The summed E-state index contributed by atoms with van der Waals surface area (Å²) in [6.07, 6.45) is 9.19. The number of hydrogen-bond donors (Lipinski definition) is 0. The van der Waals surface area contributed by atoms with Gasteiger partial charge in [0.15, 0.2) is 0 Å². The summed E-state index contributed by atoms with van der Waals surface area (Å²) >= 11 is 0. The third-order valence-corrected chi connectivity index (χ3v) is 5.30. The summed E-state index contributed by atoms with van der Waals surface area (Å²) in [5, 5.41) is 0. The largest absolute Gasteiger partial charge is 0.0754 e. The van der Waals surface area contributed by atoms with Crippen LogP contribution >= 0.6 is 0 Å². The summed E-state index contributed by atoms with van der Waals surface area (Å²) in [7, 11) is 0. The fourth-order valence-electron chi connectivity index (χ4n) is 4.19. The van der Waals surface area contributed by atoms with Gasteiger partial charge in [-0.2, -0.15) is 0 Å². The van der Waals surface area contributed by atoms with Crippen molar-refractivity contribution in [3.05, 3.63) is 112 Å². The van der Waals surface area contributed by atoms with Crippen molar-refractivity contribution in [3.8, 4) is 0 Å². The first kappa shape index (κ1) is 13.6. The van der Waals surface area contributed by atoms with Gasteiger partial charge in [-0.25, -0.2) is 0 Å². The summed E-state index contributed by atoms with van der Waals surface area (Å²) in [5.41, 5.74) is 8.30. The van der Waals surface area contributed by atoms with E-state index in [1.165, 1.54) is 33.4 Å². The molecule has 24 heavy (non-hydrogen) atoms. The highest BCUT2D eigenvalue weighted by atomic mass is 14.3. The molecule has 0 saturated heterocycles. The van der Waals surface area contributed by atoms with Crippen LogP contribution in [0.4, 0.5) is 0 Å². The van der Waals surface area contributed by atoms with E-state index in [1.807, 2.05) is 0 Å². The molecule has 1 unspecified atom stereocenters. The van der Waals surface area contributed by atoms with E-state index >= 15 is 0 Å². The SMILES string of the molecule is C1=CC(C2c3ccccc3C=Cc3ccccc32)c2ccccc21. The number of rotatable bonds is 1. The minimum atomic E-state index is 0.354. The molecule has 0 aliphatic heterocycles. The van der Waals surface area contributed by atoms with Crippen LogP contribution in [0.15, 0.2) is 78.9 Å². The zero-order chi connectivity index (χ0) is 15.9. The van der Waals surface area contributed by atoms with Crippen LogP contribution in [0.25, 0.3) is 18.2 Å². The number of allylic oxidation sites excluding steroid dienone is 1. The Labute approximate surface area is 142 Å². The zero-order valence-electron chi connectivity index (χ0n) is 13.4. The highest BCUT2D eigenvalue weighted by Crippen LogP contribution is 2.47. The molecule has 3 aromatic rings. The van der Waals surface area contributed by atoms with Crippen molar-refractivity contribution in [2.45, 2.75) is 11.8 Å². The average Bonchev–Trinajstić information content (AvgIpc) is 2.98. The smallest absolute Gasteiger partial charge is 0.0205 e. The van der Waals surface area contributed by atoms with Crippen LogP contribution in [0.2, 0.25) is 0 Å². The third kappa shape index (κ3) is 2.00. The van der Waals surface area contributed by atoms with E-state index < -0.39 is 0 Å². The molecule has 0 nitrogen and oxygen atoms in total. The lowest BCUT2D eigenvalue weighted by atomic mass is 9.76. The molecule has 1 atom stereocenters. The number of fused-ring (bicyclic) bond motifs is 3. The normalized spacial score (nSPS) is 17.9. The molecular weight excluding hydrogens is 288 g/mol. The number of benzene rings is 3. The minimum absolute atomic E-state index is 0.354. The van der Waals surface area contributed by atoms with E-state index in [1.54, 1.807) is 0 Å². The second-order valence-electron chi connectivity index (χ2n) is 6.58. The van der Waals surface area contributed by atoms with Crippen molar-refractivity contribution in [1.82, 2.24) is 0 Å². The van der Waals surface area contributed by atoms with Crippen molar-refractivity contribution in [3.63, 3.8) is 0 Å². The Kier molecular flexibility index (Phi) is 3.02. The fourth-order valence-corrected chi connectivity index (χ4v) is 4.19. The molecule has 0 radical (unpaired) electrons. The quantitative estimate of drug-likeness (QED) is 0.508. The van der Waals surface area contributed by atoms with Gasteiger partial charge in [0.1, 0.15) is 0 Å². The van der Waals surface area contributed by atoms with Gasteiger partial charge in [0, 0.05) is 11.8 Å². The van der Waals surface area contributed by atoms with Crippen LogP contribution < -0.4 is 0 Å². The Bertz CT molecular complexity index is 925. The molecule has 0 heterocycles. The molecule has 5 rings (SSSR count). The second kappa shape index (κ2) is 5.35. The molecule has 0 fully saturated rings. The molecule has 114 valence electrons. The van der Waals surface area contributed by atoms with Crippen LogP contribution in [-0.4, -0.2) is 0 Å². The maximum atomic E-state index is 2.38. The van der Waals surface area contributed by atoms with Gasteiger partial charge in [-0.1, -0.05) is 97.1 Å². The molecule has 0 heteroatoms. The predicted molar refractivity (Wildman–Crippen MR) is 102 cm³/mol. The summed E-state index contributed by atoms with van der Waals surface area (Å²) in [5.74, 6) is 0.746. The minimum Gasteiger partial charge on any atom is -0.0754 e. The maximum Gasteiger partial charge on any atom is 0.0205 e. The first-order chi connectivity index (χ1) is 11.9. The predicted octanol–water partition coefficient (Wildman–Crippen LogP) is 6.11. The lowest BCUT2D eigenvalue weighted by Gasteiger charge is -2.26. The maximum absolute atomic E-state index is 2.38. The number of hydrogen-bond acceptors (Lipinski definition) is 0. The van der Waals surface area contributed by atoms with Crippen LogP contribution in [0, 0.1) is 0 Å². The molecule has 3 aromatic carbocycles. The van der Waals surface area contributed by atoms with Crippen LogP contribution in [-0.2, 0) is 0 Å². The summed E-state index contributed by atoms with van der Waals surface area (Å²) in [4.78, 5) is 0. The Morgan fingerprint density at radius 3 is 1.50 bits per heavy atom. The first-order valence-corrected chi connectivity index (χ1v) is 8.55. The topological polar surface area (TPSA) is 0 Å². The third-order valence-electron chi connectivity index (χ3n) is 5.30. The second-order valence-corrected chi connectivity index (χ2v) is 6.58. The van der Waals surface area contributed by atoms with Gasteiger partial charge in [-0.3, -0.25) is 0 Å². The van der Waals surface area contributed by atoms with E-state index in [0.717, 1.165) is 0 Å². The van der Waals surface area contributed by atoms with Gasteiger partial charge in [0.25, 0.3) is 0 Å². The standard InChI is InChI=1S/C24H18/c1-4-10-20-17(7-1)15-16-23(20)24-21-11-5-2-8-18(21)13-14-19-9-3-6-12-22(19)24/h1-16,23-24H. The molecule has 2 aliphatic rings. The first-order valence-electron chi connectivity index (χ1n) is 8.55. The summed E-state index contributed by atoms with van der Waals surface area (Å²) in [6.45, 7) is 0. The van der Waals surface area contributed by atoms with Gasteiger partial charge in [0.05, 0.1) is 0 Å². The van der Waals surface area contributed by atoms with Crippen molar-refractivity contribution < 1.29 is 0 Å². The monoisotopic (exact) mass is 306 g/mol. The lowest BCUT2D eigenvalue weighted by Crippen LogP contribution is -2.12. The zero-order valence-corrected chi connectivity index (χ0v) is 13.4. The van der Waals surface area contributed by atoms with Crippen molar-refractivity contribution in [2.24, 2.45) is 0 Å². The van der Waals surface area contributed by atoms with Gasteiger partial charge >= 0.3 is 0 Å². The van der Waals surface area contributed by atoms with Gasteiger partial charge < -0.3 is 0 Å². The van der Waals surface area contributed by atoms with Crippen LogP contribution in [0.3, 0.4) is 0 Å². The Balaban J connectivity index is 1.77. The molecule has 2 aliphatic carbocycles. The van der Waals surface area contributed by atoms with Gasteiger partial charge in [-0.15, -0.1) is 0 Å². The Morgan fingerprint density at radius 2 is 0.917 bits per heavy atom. The molecule has 0 amide bonds. The summed E-state index contributed by atoms with van der Waals surface area (Å²) in [6, 6.07) is 26.4. The van der Waals surface area contributed by atoms with Crippen molar-refractivity contribution >= 4 is 18.2 Å². The fraction of sp³-hybridized carbons (Fsp3) is 0.0833. The highest BCUT2D eigenvalue weighted by Gasteiger charge is 2.31. The lowest BCUT2D eigenvalue weighted by molar-refractivity contribution is 0.723. The molecule has 0 spiro atoms. The van der Waals surface area contributed by atoms with Crippen LogP contribution in [0.5, 0.6) is 0 Å². The van der Waals surface area contributed by atoms with E-state index in [9.17, 15) is 0 Å². The van der Waals surface area contributed by atoms with Crippen LogP contribution in [0.1, 0.15) is 45.2 Å². The molecule has 0 bridgehead atoms. The molecular formula is C24H18. The Morgan fingerprint density at radius 1 is 0.458 bits per heavy atom. The Hall–Kier alpha value is -2.86. The van der Waals surface area contributed by atoms with E-state index in [2.05, 4.69) is 97.1 Å². The van der Waals surface area contributed by atoms with Gasteiger partial charge in [0.2, 0.25) is 0 Å². The van der Waals surface area contributed by atoms with Gasteiger partial charge in [-0.05, 0) is 33.4 Å². The van der Waals surface area contributed by atoms with E-state index in [0.29, 0.717) is 11.8 Å². The molecule has 0 saturated carbocycles. The molecule has 0 aromatic heterocycles. The highest BCUT2D eigenvalue weighted by molar-refractivity contribution is 5.78.